The van der Waals surface area contributed by atoms with E-state index in [0.717, 1.165) is 6.42 Å². The zero-order valence-corrected chi connectivity index (χ0v) is 8.66. The van der Waals surface area contributed by atoms with Crippen molar-refractivity contribution >= 4 is 23.0 Å². The van der Waals surface area contributed by atoms with Gasteiger partial charge in [-0.25, -0.2) is 4.79 Å². The minimum atomic E-state index is -0.738. The van der Waals surface area contributed by atoms with Crippen LogP contribution in [0.25, 0.3) is 0 Å². The number of rotatable bonds is 3. The number of halogens is 1. The van der Waals surface area contributed by atoms with Crippen LogP contribution in [-0.4, -0.2) is 23.1 Å². The van der Waals surface area contributed by atoms with Crippen LogP contribution in [0.5, 0.6) is 0 Å². The summed E-state index contributed by atoms with van der Waals surface area (Å²) in [5.74, 6) is -0.546. The fourth-order valence-electron chi connectivity index (χ4n) is 0.873. The van der Waals surface area contributed by atoms with Gasteiger partial charge in [0.15, 0.2) is 0 Å². The molecule has 0 aromatic heterocycles. The Kier molecular flexibility index (Phi) is 5.95. The van der Waals surface area contributed by atoms with E-state index in [1.807, 2.05) is 0 Å². The molecule has 0 spiro atoms. The maximum atomic E-state index is 10.1. The molecule has 0 saturated heterocycles. The average Bonchev–Trinajstić information content (AvgIpc) is 2.83. The molecule has 0 heterocycles. The summed E-state index contributed by atoms with van der Waals surface area (Å²) in [7, 11) is 0. The first-order valence-electron chi connectivity index (χ1n) is 4.20. The normalized spacial score (nSPS) is 22.7. The number of ether oxygens (including phenoxy) is 1. The number of allylic oxidation sites excluding steroid dienone is 1. The molecule has 1 rings (SSSR count). The van der Waals surface area contributed by atoms with Gasteiger partial charge >= 0.3 is 11.4 Å². The van der Waals surface area contributed by atoms with Crippen molar-refractivity contribution in [3.8, 4) is 0 Å². The van der Waals surface area contributed by atoms with Gasteiger partial charge in [-0.3, -0.25) is 4.79 Å². The van der Waals surface area contributed by atoms with Crippen molar-refractivity contribution in [2.45, 2.75) is 13.3 Å². The van der Waals surface area contributed by atoms with Crippen LogP contribution in [0, 0.1) is 11.8 Å². The van der Waals surface area contributed by atoms with Crippen LogP contribution >= 0.6 is 11.6 Å². The van der Waals surface area contributed by atoms with E-state index in [1.165, 1.54) is 0 Å². The zero-order valence-electron chi connectivity index (χ0n) is 7.90. The summed E-state index contributed by atoms with van der Waals surface area (Å²) in [6.07, 6.45) is 2.50. The Balaban J connectivity index is 0.000000255. The number of hydrogen-bond acceptors (Lipinski definition) is 3. The molecule has 14 heavy (non-hydrogen) atoms. The Morgan fingerprint density at radius 3 is 2.36 bits per heavy atom. The number of carbonyl (C=O) groups is 2. The summed E-state index contributed by atoms with van der Waals surface area (Å²) in [6.45, 7) is 5.54. The summed E-state index contributed by atoms with van der Waals surface area (Å²) in [6, 6.07) is 0. The van der Waals surface area contributed by atoms with Crippen LogP contribution in [0.1, 0.15) is 13.3 Å². The minimum Gasteiger partial charge on any atom is -0.481 e. The largest absolute Gasteiger partial charge is 0.481 e. The van der Waals surface area contributed by atoms with Crippen LogP contribution < -0.4 is 0 Å². The fourth-order valence-corrected chi connectivity index (χ4v) is 0.982. The molecule has 0 amide bonds. The SMILES string of the molecule is C=CC1CC1C(=O)O.CCOC(=O)Cl. The maximum absolute atomic E-state index is 10.1. The highest BCUT2D eigenvalue weighted by Gasteiger charge is 2.40. The lowest BCUT2D eigenvalue weighted by atomic mass is 10.3. The van der Waals surface area contributed by atoms with Gasteiger partial charge in [0, 0.05) is 11.6 Å². The first-order chi connectivity index (χ1) is 6.52. The van der Waals surface area contributed by atoms with E-state index < -0.39 is 11.4 Å². The van der Waals surface area contributed by atoms with Gasteiger partial charge in [-0.05, 0) is 19.3 Å². The fraction of sp³-hybridized carbons (Fsp3) is 0.556. The molecule has 1 aliphatic rings. The van der Waals surface area contributed by atoms with Crippen molar-refractivity contribution in [1.29, 1.82) is 0 Å². The van der Waals surface area contributed by atoms with Gasteiger partial charge in [-0.1, -0.05) is 6.08 Å². The molecule has 80 valence electrons. The molecule has 2 unspecified atom stereocenters. The van der Waals surface area contributed by atoms with Crippen LogP contribution in [0.15, 0.2) is 12.7 Å². The summed E-state index contributed by atoms with van der Waals surface area (Å²) in [5.41, 5.74) is -0.738. The summed E-state index contributed by atoms with van der Waals surface area (Å²) in [5, 5.41) is 8.31. The second-order valence-electron chi connectivity index (χ2n) is 2.75. The number of carboxylic acid groups (broad SMARTS) is 1. The predicted molar refractivity (Wildman–Crippen MR) is 52.3 cm³/mol. The lowest BCUT2D eigenvalue weighted by Crippen LogP contribution is -1.97. The highest BCUT2D eigenvalue weighted by Crippen LogP contribution is 2.38. The zero-order chi connectivity index (χ0) is 11.1. The molecule has 1 fully saturated rings. The van der Waals surface area contributed by atoms with E-state index in [2.05, 4.69) is 11.3 Å². The molecule has 4 nitrogen and oxygen atoms in total. The molecule has 0 aromatic rings. The van der Waals surface area contributed by atoms with Crippen molar-refractivity contribution in [2.24, 2.45) is 11.8 Å². The molecule has 0 aromatic carbocycles. The van der Waals surface area contributed by atoms with E-state index in [4.69, 9.17) is 16.7 Å². The van der Waals surface area contributed by atoms with Crippen LogP contribution in [-0.2, 0) is 9.53 Å². The van der Waals surface area contributed by atoms with Crippen molar-refractivity contribution in [3.63, 3.8) is 0 Å². The monoisotopic (exact) mass is 220 g/mol. The summed E-state index contributed by atoms with van der Waals surface area (Å²) >= 11 is 4.72. The Labute approximate surface area is 87.5 Å². The Morgan fingerprint density at radius 2 is 2.29 bits per heavy atom. The average molecular weight is 221 g/mol. The van der Waals surface area contributed by atoms with E-state index in [0.29, 0.717) is 6.61 Å². The van der Waals surface area contributed by atoms with Crippen molar-refractivity contribution < 1.29 is 19.4 Å². The van der Waals surface area contributed by atoms with E-state index in [-0.39, 0.29) is 11.8 Å². The van der Waals surface area contributed by atoms with Crippen molar-refractivity contribution in [3.05, 3.63) is 12.7 Å². The Hall–Kier alpha value is -1.03. The van der Waals surface area contributed by atoms with Gasteiger partial charge < -0.3 is 9.84 Å². The third kappa shape index (κ3) is 5.59. The maximum Gasteiger partial charge on any atom is 0.403 e. The summed E-state index contributed by atoms with van der Waals surface area (Å²) < 4.78 is 4.17. The van der Waals surface area contributed by atoms with Crippen LogP contribution in [0.3, 0.4) is 0 Å². The smallest absolute Gasteiger partial charge is 0.403 e. The van der Waals surface area contributed by atoms with Gasteiger partial charge in [-0.15, -0.1) is 6.58 Å². The molecule has 2 atom stereocenters. The van der Waals surface area contributed by atoms with Gasteiger partial charge in [0.2, 0.25) is 0 Å². The number of hydrogen-bond donors (Lipinski definition) is 1. The molecule has 5 heteroatoms. The van der Waals surface area contributed by atoms with Crippen LogP contribution in [0.2, 0.25) is 0 Å². The van der Waals surface area contributed by atoms with Crippen molar-refractivity contribution in [1.82, 2.24) is 0 Å². The quantitative estimate of drug-likeness (QED) is 0.586. The van der Waals surface area contributed by atoms with Gasteiger partial charge in [-0.2, -0.15) is 0 Å². The number of aliphatic carboxylic acids is 1. The van der Waals surface area contributed by atoms with Gasteiger partial charge in [0.1, 0.15) is 0 Å². The molecular weight excluding hydrogens is 208 g/mol. The molecule has 0 aliphatic heterocycles. The van der Waals surface area contributed by atoms with Crippen LogP contribution in [0.4, 0.5) is 4.79 Å². The second kappa shape index (κ2) is 6.43. The summed E-state index contributed by atoms with van der Waals surface area (Å²) in [4.78, 5) is 19.7. The molecule has 1 saturated carbocycles. The topological polar surface area (TPSA) is 63.6 Å². The third-order valence-corrected chi connectivity index (χ3v) is 1.83. The van der Waals surface area contributed by atoms with E-state index >= 15 is 0 Å². The number of carboxylic acids is 1. The highest BCUT2D eigenvalue weighted by atomic mass is 35.5. The first-order valence-corrected chi connectivity index (χ1v) is 4.58. The Bertz CT molecular complexity index is 227. The van der Waals surface area contributed by atoms with E-state index in [9.17, 15) is 9.59 Å². The predicted octanol–water partition coefficient (Wildman–Crippen LogP) is 2.27. The number of carbonyl (C=O) groups excluding carboxylic acids is 1. The van der Waals surface area contributed by atoms with E-state index in [1.54, 1.807) is 13.0 Å². The van der Waals surface area contributed by atoms with Gasteiger partial charge in [0.05, 0.1) is 12.5 Å². The molecule has 0 bridgehead atoms. The lowest BCUT2D eigenvalue weighted by Gasteiger charge is -1.86. The van der Waals surface area contributed by atoms with Gasteiger partial charge in [0.25, 0.3) is 0 Å². The molecular formula is C9H13ClO4. The lowest BCUT2D eigenvalue weighted by molar-refractivity contribution is -0.138. The molecule has 1 N–H and O–H groups in total. The third-order valence-electron chi connectivity index (χ3n) is 1.72. The van der Waals surface area contributed by atoms with Crippen molar-refractivity contribution in [2.75, 3.05) is 6.61 Å². The minimum absolute atomic E-state index is 0.118. The Morgan fingerprint density at radius 1 is 1.71 bits per heavy atom. The highest BCUT2D eigenvalue weighted by molar-refractivity contribution is 6.61. The molecule has 1 aliphatic carbocycles. The first kappa shape index (κ1) is 13.0. The second-order valence-corrected chi connectivity index (χ2v) is 3.06. The molecule has 0 radical (unpaired) electrons. The standard InChI is InChI=1S/C6H8O2.C3H5ClO2/c1-2-4-3-5(4)6(7)8;1-2-6-3(4)5/h2,4-5H,1,3H2,(H,7,8);2H2,1H3.